The Morgan fingerprint density at radius 2 is 1.82 bits per heavy atom. The van der Waals surface area contributed by atoms with Gasteiger partial charge in [-0.2, -0.15) is 4.31 Å². The number of likely N-dealkylation sites (tertiary alicyclic amines) is 1. The molecule has 0 bridgehead atoms. The van der Waals surface area contributed by atoms with E-state index in [0.717, 1.165) is 25.6 Å². The fourth-order valence-electron chi connectivity index (χ4n) is 4.06. The van der Waals surface area contributed by atoms with Gasteiger partial charge in [-0.15, -0.1) is 0 Å². The number of hydrogen-bond donors (Lipinski definition) is 1. The molecule has 0 aromatic heterocycles. The fraction of sp³-hybridized carbons (Fsp3) is 0.650. The number of piperidine rings is 1. The molecular weight excluding hydrogens is 376 g/mol. The molecular formula is C20H32N4O3S. The van der Waals surface area contributed by atoms with Crippen LogP contribution in [0.4, 0.5) is 4.79 Å². The third kappa shape index (κ3) is 5.24. The lowest BCUT2D eigenvalue weighted by Crippen LogP contribution is -2.55. The topological polar surface area (TPSA) is 73.0 Å². The number of nitrogens with one attached hydrogen (secondary N) is 1. The summed E-state index contributed by atoms with van der Waals surface area (Å²) in [6, 6.07) is 8.43. The molecule has 2 atom stereocenters. The van der Waals surface area contributed by atoms with Gasteiger partial charge in [0, 0.05) is 45.3 Å². The fourth-order valence-corrected chi connectivity index (χ4v) is 5.50. The third-order valence-corrected chi connectivity index (χ3v) is 7.46. The number of nitrogens with zero attached hydrogens (tertiary/aromatic N) is 3. The highest BCUT2D eigenvalue weighted by molar-refractivity contribution is 7.89. The van der Waals surface area contributed by atoms with E-state index in [1.165, 1.54) is 17.1 Å². The van der Waals surface area contributed by atoms with E-state index in [1.807, 2.05) is 6.92 Å². The van der Waals surface area contributed by atoms with E-state index in [1.54, 1.807) is 35.2 Å². The largest absolute Gasteiger partial charge is 0.334 e. The first-order valence-electron chi connectivity index (χ1n) is 10.2. The van der Waals surface area contributed by atoms with E-state index in [0.29, 0.717) is 31.1 Å². The number of sulfonamides is 1. The molecule has 1 N–H and O–H groups in total. The van der Waals surface area contributed by atoms with E-state index >= 15 is 0 Å². The summed E-state index contributed by atoms with van der Waals surface area (Å²) in [6.45, 7) is 8.82. The molecule has 2 aliphatic heterocycles. The predicted molar refractivity (Wildman–Crippen MR) is 110 cm³/mol. The zero-order valence-corrected chi connectivity index (χ0v) is 17.7. The minimum Gasteiger partial charge on any atom is -0.334 e. The van der Waals surface area contributed by atoms with Gasteiger partial charge in [-0.3, -0.25) is 0 Å². The Hall–Kier alpha value is -1.64. The third-order valence-electron chi connectivity index (χ3n) is 5.55. The number of rotatable bonds is 5. The number of piperazine rings is 1. The first-order valence-corrected chi connectivity index (χ1v) is 11.6. The Morgan fingerprint density at radius 3 is 2.46 bits per heavy atom. The van der Waals surface area contributed by atoms with Crippen LogP contribution in [0.15, 0.2) is 35.2 Å². The van der Waals surface area contributed by atoms with E-state index in [2.05, 4.69) is 17.1 Å². The number of amides is 2. The average Bonchev–Trinajstić information content (AvgIpc) is 2.68. The van der Waals surface area contributed by atoms with Crippen molar-refractivity contribution in [2.45, 2.75) is 37.6 Å². The minimum absolute atomic E-state index is 0.0730. The minimum atomic E-state index is -3.49. The molecule has 3 rings (SSSR count). The summed E-state index contributed by atoms with van der Waals surface area (Å²) in [5.74, 6) is 0.719. The van der Waals surface area contributed by atoms with Crippen molar-refractivity contribution >= 4 is 16.1 Å². The monoisotopic (exact) mass is 408 g/mol. The predicted octanol–water partition coefficient (Wildman–Crippen LogP) is 1.82. The first-order chi connectivity index (χ1) is 13.4. The molecule has 8 heteroatoms. The maximum Gasteiger partial charge on any atom is 0.317 e. The van der Waals surface area contributed by atoms with Crippen LogP contribution in [0, 0.1) is 5.92 Å². The van der Waals surface area contributed by atoms with Gasteiger partial charge in [0.25, 0.3) is 0 Å². The van der Waals surface area contributed by atoms with Crippen LogP contribution in [0.2, 0.25) is 0 Å². The molecule has 0 saturated carbocycles. The van der Waals surface area contributed by atoms with E-state index in [-0.39, 0.29) is 12.1 Å². The lowest BCUT2D eigenvalue weighted by molar-refractivity contribution is 0.153. The van der Waals surface area contributed by atoms with Crippen LogP contribution in [-0.4, -0.2) is 80.4 Å². The van der Waals surface area contributed by atoms with Gasteiger partial charge in [0.2, 0.25) is 10.0 Å². The average molecular weight is 409 g/mol. The highest BCUT2D eigenvalue weighted by Gasteiger charge is 2.30. The molecule has 2 unspecified atom stereocenters. The zero-order chi connectivity index (χ0) is 20.1. The highest BCUT2D eigenvalue weighted by atomic mass is 32.2. The quantitative estimate of drug-likeness (QED) is 0.807. The molecule has 0 aliphatic carbocycles. The molecule has 2 fully saturated rings. The van der Waals surface area contributed by atoms with Gasteiger partial charge in [-0.1, -0.05) is 25.1 Å². The van der Waals surface area contributed by atoms with E-state index < -0.39 is 10.0 Å². The van der Waals surface area contributed by atoms with Crippen molar-refractivity contribution in [1.82, 2.24) is 19.4 Å². The second-order valence-electron chi connectivity index (χ2n) is 8.06. The van der Waals surface area contributed by atoms with Gasteiger partial charge in [-0.25, -0.2) is 13.2 Å². The van der Waals surface area contributed by atoms with Crippen LogP contribution >= 0.6 is 0 Å². The zero-order valence-electron chi connectivity index (χ0n) is 16.9. The first kappa shape index (κ1) is 21.1. The molecule has 2 aliphatic rings. The van der Waals surface area contributed by atoms with Gasteiger partial charge in [0.15, 0.2) is 0 Å². The van der Waals surface area contributed by atoms with Crippen LogP contribution in [0.5, 0.6) is 0 Å². The molecule has 2 heterocycles. The van der Waals surface area contributed by atoms with Gasteiger partial charge in [0.1, 0.15) is 0 Å². The summed E-state index contributed by atoms with van der Waals surface area (Å²) in [5, 5.41) is 3.07. The SMILES string of the molecule is CC1CCCN(CC(C)NC(=O)N2CCN(S(=O)(=O)c3ccccc3)CC2)C1. The van der Waals surface area contributed by atoms with E-state index in [9.17, 15) is 13.2 Å². The van der Waals surface area contributed by atoms with E-state index in [4.69, 9.17) is 0 Å². The van der Waals surface area contributed by atoms with Crippen molar-refractivity contribution in [3.63, 3.8) is 0 Å². The number of hydrogen-bond acceptors (Lipinski definition) is 4. The molecule has 2 amide bonds. The Bertz CT molecular complexity index is 748. The molecule has 0 radical (unpaired) electrons. The molecule has 0 spiro atoms. The highest BCUT2D eigenvalue weighted by Crippen LogP contribution is 2.18. The van der Waals surface area contributed by atoms with Crippen LogP contribution in [0.25, 0.3) is 0 Å². The van der Waals surface area contributed by atoms with Crippen molar-refractivity contribution in [1.29, 1.82) is 0 Å². The lowest BCUT2D eigenvalue weighted by Gasteiger charge is -2.36. The Balaban J connectivity index is 1.47. The molecule has 28 heavy (non-hydrogen) atoms. The van der Waals surface area contributed by atoms with Crippen molar-refractivity contribution in [2.75, 3.05) is 45.8 Å². The second-order valence-corrected chi connectivity index (χ2v) is 10.00. The standard InChI is InChI=1S/C20H32N4O3S/c1-17-7-6-10-22(15-17)16-18(2)21-20(25)23-11-13-24(14-12-23)28(26,27)19-8-4-3-5-9-19/h3-5,8-9,17-18H,6-7,10-16H2,1-2H3,(H,21,25). The summed E-state index contributed by atoms with van der Waals surface area (Å²) in [6.07, 6.45) is 2.51. The summed E-state index contributed by atoms with van der Waals surface area (Å²) >= 11 is 0. The number of urea groups is 1. The van der Waals surface area contributed by atoms with Crippen LogP contribution < -0.4 is 5.32 Å². The van der Waals surface area contributed by atoms with Crippen molar-refractivity contribution < 1.29 is 13.2 Å². The summed E-state index contributed by atoms with van der Waals surface area (Å²) in [5.41, 5.74) is 0. The Kier molecular flexibility index (Phi) is 6.95. The van der Waals surface area contributed by atoms with Crippen molar-refractivity contribution in [3.05, 3.63) is 30.3 Å². The Labute approximate surface area is 168 Å². The molecule has 1 aromatic carbocycles. The van der Waals surface area contributed by atoms with Crippen LogP contribution in [0.1, 0.15) is 26.7 Å². The van der Waals surface area contributed by atoms with Crippen molar-refractivity contribution in [3.8, 4) is 0 Å². The van der Waals surface area contributed by atoms with Gasteiger partial charge >= 0.3 is 6.03 Å². The number of carbonyl (C=O) groups is 1. The number of carbonyl (C=O) groups excluding carboxylic acids is 1. The van der Waals surface area contributed by atoms with Crippen LogP contribution in [-0.2, 0) is 10.0 Å². The number of benzene rings is 1. The maximum atomic E-state index is 12.7. The normalized spacial score (nSPS) is 23.4. The Morgan fingerprint density at radius 1 is 1.14 bits per heavy atom. The molecule has 7 nitrogen and oxygen atoms in total. The molecule has 156 valence electrons. The molecule has 1 aromatic rings. The van der Waals surface area contributed by atoms with Crippen molar-refractivity contribution in [2.24, 2.45) is 5.92 Å². The summed E-state index contributed by atoms with van der Waals surface area (Å²) in [7, 11) is -3.49. The van der Waals surface area contributed by atoms with Gasteiger partial charge in [-0.05, 0) is 44.4 Å². The van der Waals surface area contributed by atoms with Gasteiger partial charge < -0.3 is 15.1 Å². The lowest BCUT2D eigenvalue weighted by atomic mass is 10.00. The van der Waals surface area contributed by atoms with Gasteiger partial charge in [0.05, 0.1) is 4.90 Å². The second kappa shape index (κ2) is 9.24. The maximum absolute atomic E-state index is 12.7. The van der Waals surface area contributed by atoms with Crippen LogP contribution in [0.3, 0.4) is 0 Å². The molecule has 2 saturated heterocycles. The summed E-state index contributed by atoms with van der Waals surface area (Å²) < 4.78 is 26.8. The summed E-state index contributed by atoms with van der Waals surface area (Å²) in [4.78, 5) is 17.0. The smallest absolute Gasteiger partial charge is 0.317 e.